The minimum atomic E-state index is -1.20. The molecule has 0 fully saturated rings. The van der Waals surface area contributed by atoms with Crippen molar-refractivity contribution in [2.24, 2.45) is 11.8 Å². The predicted molar refractivity (Wildman–Crippen MR) is 76.5 cm³/mol. The summed E-state index contributed by atoms with van der Waals surface area (Å²) < 4.78 is 0. The van der Waals surface area contributed by atoms with Gasteiger partial charge >= 0.3 is 0 Å². The molecule has 0 aliphatic heterocycles. The van der Waals surface area contributed by atoms with Crippen LogP contribution in [0.5, 0.6) is 0 Å². The van der Waals surface area contributed by atoms with Crippen molar-refractivity contribution in [3.05, 3.63) is 35.9 Å². The molecule has 1 aromatic carbocycles. The number of carbonyl (C=O) groups excluding carboxylic acids is 2. The number of nitrogens with zero attached hydrogens (tertiary/aromatic N) is 1. The molecule has 0 radical (unpaired) electrons. The van der Waals surface area contributed by atoms with Crippen molar-refractivity contribution in [1.29, 1.82) is 5.26 Å². The van der Waals surface area contributed by atoms with Crippen LogP contribution in [0.2, 0.25) is 0 Å². The zero-order valence-electron chi connectivity index (χ0n) is 11.9. The molecule has 0 aliphatic rings. The third kappa shape index (κ3) is 5.23. The summed E-state index contributed by atoms with van der Waals surface area (Å²) in [7, 11) is 0. The maximum atomic E-state index is 11.9. The quantitative estimate of drug-likeness (QED) is 0.775. The molecule has 0 unspecified atom stereocenters. The zero-order chi connectivity index (χ0) is 15.0. The maximum Gasteiger partial charge on any atom is 0.245 e. The number of nitriles is 1. The number of hydrogen-bond acceptors (Lipinski definition) is 3. The van der Waals surface area contributed by atoms with Crippen LogP contribution in [-0.2, 0) is 16.1 Å². The van der Waals surface area contributed by atoms with E-state index >= 15 is 0 Å². The van der Waals surface area contributed by atoms with Crippen molar-refractivity contribution in [2.45, 2.75) is 33.2 Å². The molecule has 106 valence electrons. The largest absolute Gasteiger partial charge is 0.350 e. The van der Waals surface area contributed by atoms with E-state index in [2.05, 4.69) is 5.32 Å². The fourth-order valence-electron chi connectivity index (χ4n) is 1.74. The van der Waals surface area contributed by atoms with Gasteiger partial charge in [-0.1, -0.05) is 44.2 Å². The summed E-state index contributed by atoms with van der Waals surface area (Å²) in [5.41, 5.74) is 0.937. The van der Waals surface area contributed by atoms with Gasteiger partial charge in [0.15, 0.2) is 11.7 Å². The Labute approximate surface area is 119 Å². The van der Waals surface area contributed by atoms with Crippen molar-refractivity contribution in [2.75, 3.05) is 0 Å². The van der Waals surface area contributed by atoms with Gasteiger partial charge in [0.1, 0.15) is 0 Å². The fourth-order valence-corrected chi connectivity index (χ4v) is 1.74. The minimum absolute atomic E-state index is 0.272. The molecule has 0 saturated heterocycles. The van der Waals surface area contributed by atoms with E-state index in [-0.39, 0.29) is 12.2 Å². The van der Waals surface area contributed by atoms with Crippen LogP contribution in [0.15, 0.2) is 30.3 Å². The Morgan fingerprint density at radius 1 is 1.25 bits per heavy atom. The lowest BCUT2D eigenvalue weighted by molar-refractivity contribution is -0.131. The number of hydrogen-bond donors (Lipinski definition) is 1. The molecule has 1 amide bonds. The summed E-state index contributed by atoms with van der Waals surface area (Å²) in [5, 5.41) is 11.6. The summed E-state index contributed by atoms with van der Waals surface area (Å²) in [6, 6.07) is 11.2. The highest BCUT2D eigenvalue weighted by atomic mass is 16.2. The van der Waals surface area contributed by atoms with Gasteiger partial charge in [-0.2, -0.15) is 5.26 Å². The average molecular weight is 272 g/mol. The molecule has 1 atom stereocenters. The summed E-state index contributed by atoms with van der Waals surface area (Å²) in [5.74, 6) is -1.62. The van der Waals surface area contributed by atoms with E-state index in [4.69, 9.17) is 5.26 Å². The second kappa shape index (κ2) is 8.11. The molecule has 1 rings (SSSR count). The lowest BCUT2D eigenvalue weighted by Gasteiger charge is -2.10. The van der Waals surface area contributed by atoms with E-state index in [1.54, 1.807) is 6.07 Å². The molecule has 0 aromatic heterocycles. The second-order valence-corrected chi connectivity index (χ2v) is 5.16. The summed E-state index contributed by atoms with van der Waals surface area (Å²) >= 11 is 0. The first-order valence-corrected chi connectivity index (χ1v) is 6.78. The Morgan fingerprint density at radius 2 is 1.90 bits per heavy atom. The van der Waals surface area contributed by atoms with Gasteiger partial charge in [-0.25, -0.2) is 0 Å². The topological polar surface area (TPSA) is 70.0 Å². The molecule has 0 aliphatic carbocycles. The molecule has 1 N–H and O–H groups in total. The van der Waals surface area contributed by atoms with Crippen LogP contribution in [0, 0.1) is 23.2 Å². The Kier molecular flexibility index (Phi) is 6.45. The number of nitrogens with one attached hydrogen (secondary N) is 1. The van der Waals surface area contributed by atoms with Crippen molar-refractivity contribution in [3.63, 3.8) is 0 Å². The molecule has 0 spiro atoms. The molecular formula is C16H20N2O2. The van der Waals surface area contributed by atoms with Crippen LogP contribution >= 0.6 is 0 Å². The van der Waals surface area contributed by atoms with E-state index in [0.717, 1.165) is 5.56 Å². The molecule has 0 saturated carbocycles. The Bertz CT molecular complexity index is 489. The SMILES string of the molecule is CC(C)CCC(=O)[C@@H](C#N)C(=O)NCc1ccccc1. The first-order valence-electron chi connectivity index (χ1n) is 6.78. The number of benzene rings is 1. The number of rotatable bonds is 7. The van der Waals surface area contributed by atoms with E-state index < -0.39 is 11.8 Å². The third-order valence-electron chi connectivity index (χ3n) is 2.99. The smallest absolute Gasteiger partial charge is 0.245 e. The van der Waals surface area contributed by atoms with Gasteiger partial charge in [-0.3, -0.25) is 9.59 Å². The van der Waals surface area contributed by atoms with Crippen molar-refractivity contribution < 1.29 is 9.59 Å². The van der Waals surface area contributed by atoms with Gasteiger partial charge in [-0.05, 0) is 17.9 Å². The van der Waals surface area contributed by atoms with E-state index in [1.807, 2.05) is 44.2 Å². The Balaban J connectivity index is 2.51. The van der Waals surface area contributed by atoms with Crippen LogP contribution in [-0.4, -0.2) is 11.7 Å². The molecule has 0 bridgehead atoms. The number of Topliss-reactive ketones (excluding diaryl/α,β-unsaturated/α-hetero) is 1. The van der Waals surface area contributed by atoms with Crippen molar-refractivity contribution >= 4 is 11.7 Å². The van der Waals surface area contributed by atoms with Gasteiger partial charge in [0.2, 0.25) is 5.91 Å². The highest BCUT2D eigenvalue weighted by molar-refractivity contribution is 6.03. The highest BCUT2D eigenvalue weighted by Gasteiger charge is 2.25. The first kappa shape index (κ1) is 15.9. The van der Waals surface area contributed by atoms with Gasteiger partial charge in [0.25, 0.3) is 0 Å². The highest BCUT2D eigenvalue weighted by Crippen LogP contribution is 2.09. The Morgan fingerprint density at radius 3 is 2.45 bits per heavy atom. The summed E-state index contributed by atoms with van der Waals surface area (Å²) in [6.45, 7) is 4.34. The lowest BCUT2D eigenvalue weighted by atomic mass is 9.97. The normalized spacial score (nSPS) is 11.7. The third-order valence-corrected chi connectivity index (χ3v) is 2.99. The van der Waals surface area contributed by atoms with Crippen LogP contribution in [0.25, 0.3) is 0 Å². The zero-order valence-corrected chi connectivity index (χ0v) is 11.9. The van der Waals surface area contributed by atoms with Crippen molar-refractivity contribution in [3.8, 4) is 6.07 Å². The number of amides is 1. The molecular weight excluding hydrogens is 252 g/mol. The van der Waals surface area contributed by atoms with Gasteiger partial charge in [0, 0.05) is 13.0 Å². The van der Waals surface area contributed by atoms with Gasteiger partial charge < -0.3 is 5.32 Å². The summed E-state index contributed by atoms with van der Waals surface area (Å²) in [6.07, 6.45) is 0.970. The van der Waals surface area contributed by atoms with Crippen LogP contribution in [0.3, 0.4) is 0 Å². The first-order chi connectivity index (χ1) is 9.54. The van der Waals surface area contributed by atoms with E-state index in [1.165, 1.54) is 0 Å². The fraction of sp³-hybridized carbons (Fsp3) is 0.438. The van der Waals surface area contributed by atoms with Crippen LogP contribution in [0.4, 0.5) is 0 Å². The monoisotopic (exact) mass is 272 g/mol. The van der Waals surface area contributed by atoms with Crippen LogP contribution in [0.1, 0.15) is 32.3 Å². The van der Waals surface area contributed by atoms with Crippen molar-refractivity contribution in [1.82, 2.24) is 5.32 Å². The average Bonchev–Trinajstić information content (AvgIpc) is 2.44. The number of carbonyl (C=O) groups is 2. The molecule has 1 aromatic rings. The Hall–Kier alpha value is -2.15. The minimum Gasteiger partial charge on any atom is -0.350 e. The van der Waals surface area contributed by atoms with Gasteiger partial charge in [-0.15, -0.1) is 0 Å². The molecule has 20 heavy (non-hydrogen) atoms. The number of ketones is 1. The molecule has 0 heterocycles. The lowest BCUT2D eigenvalue weighted by Crippen LogP contribution is -2.34. The van der Waals surface area contributed by atoms with Crippen LogP contribution < -0.4 is 5.32 Å². The molecule has 4 heteroatoms. The second-order valence-electron chi connectivity index (χ2n) is 5.16. The standard InChI is InChI=1S/C16H20N2O2/c1-12(2)8-9-15(19)14(10-17)16(20)18-11-13-6-4-3-5-7-13/h3-7,12,14H,8-9,11H2,1-2H3,(H,18,20)/t14-/m1/s1. The predicted octanol–water partition coefficient (Wildman–Crippen LogP) is 2.45. The van der Waals surface area contributed by atoms with E-state index in [0.29, 0.717) is 18.9 Å². The maximum absolute atomic E-state index is 11.9. The summed E-state index contributed by atoms with van der Waals surface area (Å²) in [4.78, 5) is 23.7. The van der Waals surface area contributed by atoms with E-state index in [9.17, 15) is 9.59 Å². The van der Waals surface area contributed by atoms with Gasteiger partial charge in [0.05, 0.1) is 6.07 Å². The molecule has 4 nitrogen and oxygen atoms in total.